The Balaban J connectivity index is 0.00000272. The van der Waals surface area contributed by atoms with Gasteiger partial charge in [-0.25, -0.2) is 9.97 Å². The maximum atomic E-state index is 4.61. The van der Waals surface area contributed by atoms with Gasteiger partial charge in [0.05, 0.1) is 6.54 Å². The summed E-state index contributed by atoms with van der Waals surface area (Å²) in [6, 6.07) is 10.4. The maximum Gasteiger partial charge on any atom is 0.205 e. The molecule has 2 aromatic heterocycles. The molecule has 3 aromatic rings. The number of nitrogens with zero attached hydrogens (tertiary/aromatic N) is 7. The number of hydrogen-bond acceptors (Lipinski definition) is 6. The number of rotatable bonds is 6. The number of aryl methyl sites for hydroxylation is 1. The first kappa shape index (κ1) is 23.5. The molecule has 10 heteroatoms. The van der Waals surface area contributed by atoms with Gasteiger partial charge in [0.15, 0.2) is 5.96 Å². The number of halogens is 1. The summed E-state index contributed by atoms with van der Waals surface area (Å²) in [6.45, 7) is 7.19. The lowest BCUT2D eigenvalue weighted by atomic mass is 10.2. The van der Waals surface area contributed by atoms with E-state index in [1.807, 2.05) is 25.5 Å². The minimum Gasteiger partial charge on any atom is -0.349 e. The van der Waals surface area contributed by atoms with Crippen molar-refractivity contribution in [1.29, 1.82) is 0 Å². The van der Waals surface area contributed by atoms with Gasteiger partial charge in [-0.2, -0.15) is 4.37 Å². The summed E-state index contributed by atoms with van der Waals surface area (Å²) in [4.78, 5) is 18.2. The van der Waals surface area contributed by atoms with Crippen LogP contribution in [0.4, 0.5) is 5.13 Å². The maximum absolute atomic E-state index is 4.61. The Morgan fingerprint density at radius 1 is 1.16 bits per heavy atom. The van der Waals surface area contributed by atoms with Crippen molar-refractivity contribution in [3.8, 4) is 0 Å². The molecule has 0 aliphatic carbocycles. The van der Waals surface area contributed by atoms with E-state index in [0.717, 1.165) is 61.9 Å². The van der Waals surface area contributed by atoms with E-state index in [2.05, 4.69) is 70.2 Å². The molecule has 31 heavy (non-hydrogen) atoms. The number of aromatic nitrogens is 4. The normalized spacial score (nSPS) is 14.5. The third kappa shape index (κ3) is 5.94. The molecule has 8 nitrogen and oxygen atoms in total. The Morgan fingerprint density at radius 3 is 2.61 bits per heavy atom. The fourth-order valence-electron chi connectivity index (χ4n) is 3.55. The Kier molecular flexibility index (Phi) is 8.64. The Bertz CT molecular complexity index is 963. The molecule has 0 saturated carbocycles. The van der Waals surface area contributed by atoms with E-state index in [1.165, 1.54) is 17.1 Å². The Morgan fingerprint density at radius 2 is 1.94 bits per heavy atom. The third-order valence-electron chi connectivity index (χ3n) is 5.24. The van der Waals surface area contributed by atoms with Crippen LogP contribution in [0.5, 0.6) is 0 Å². The van der Waals surface area contributed by atoms with Crippen molar-refractivity contribution in [2.45, 2.75) is 26.4 Å². The predicted molar refractivity (Wildman–Crippen MR) is 136 cm³/mol. The number of anilines is 1. The first-order valence-corrected chi connectivity index (χ1v) is 11.1. The van der Waals surface area contributed by atoms with Gasteiger partial charge in [0.1, 0.15) is 11.6 Å². The molecule has 1 saturated heterocycles. The monoisotopic (exact) mass is 552 g/mol. The molecule has 3 heterocycles. The molecule has 0 spiro atoms. The average Bonchev–Trinajstić information content (AvgIpc) is 3.45. The molecule has 0 bridgehead atoms. The summed E-state index contributed by atoms with van der Waals surface area (Å²) in [5.41, 5.74) is 1.26. The van der Waals surface area contributed by atoms with Crippen LogP contribution in [0, 0.1) is 0 Å². The third-order valence-corrected chi connectivity index (χ3v) is 6.05. The molecule has 1 aliphatic rings. The summed E-state index contributed by atoms with van der Waals surface area (Å²) < 4.78 is 6.58. The first-order chi connectivity index (χ1) is 14.8. The van der Waals surface area contributed by atoms with E-state index in [-0.39, 0.29) is 24.0 Å². The number of imidazole rings is 1. The summed E-state index contributed by atoms with van der Waals surface area (Å²) >= 11 is 1.50. The van der Waals surface area contributed by atoms with E-state index >= 15 is 0 Å². The van der Waals surface area contributed by atoms with Crippen LogP contribution in [-0.2, 0) is 19.5 Å². The summed E-state index contributed by atoms with van der Waals surface area (Å²) in [5, 5.41) is 4.51. The quantitative estimate of drug-likeness (QED) is 0.288. The molecule has 1 aliphatic heterocycles. The number of piperazine rings is 1. The second kappa shape index (κ2) is 11.4. The van der Waals surface area contributed by atoms with Crippen molar-refractivity contribution >= 4 is 46.6 Å². The van der Waals surface area contributed by atoms with Crippen molar-refractivity contribution in [3.05, 3.63) is 59.9 Å². The largest absolute Gasteiger partial charge is 0.349 e. The molecule has 0 unspecified atom stereocenters. The second-order valence-electron chi connectivity index (χ2n) is 7.18. The first-order valence-electron chi connectivity index (χ1n) is 10.3. The summed E-state index contributed by atoms with van der Waals surface area (Å²) in [6.07, 6.45) is 4.76. The lowest BCUT2D eigenvalue weighted by Gasteiger charge is -2.36. The van der Waals surface area contributed by atoms with E-state index < -0.39 is 0 Å². The second-order valence-corrected chi connectivity index (χ2v) is 7.91. The van der Waals surface area contributed by atoms with Crippen molar-refractivity contribution in [3.63, 3.8) is 0 Å². The molecular formula is C21H29IN8S. The molecule has 1 N–H and O–H groups in total. The number of aliphatic imine (C=N–C) groups is 1. The van der Waals surface area contributed by atoms with Gasteiger partial charge in [0.2, 0.25) is 5.13 Å². The van der Waals surface area contributed by atoms with Gasteiger partial charge in [-0.3, -0.25) is 4.99 Å². The van der Waals surface area contributed by atoms with Gasteiger partial charge in [0, 0.05) is 70.1 Å². The van der Waals surface area contributed by atoms with Gasteiger partial charge in [-0.05, 0) is 5.56 Å². The molecule has 1 fully saturated rings. The zero-order valence-corrected chi connectivity index (χ0v) is 21.1. The van der Waals surface area contributed by atoms with Crippen LogP contribution in [0.2, 0.25) is 0 Å². The van der Waals surface area contributed by atoms with Crippen molar-refractivity contribution in [2.24, 2.45) is 4.99 Å². The number of hydrogen-bond donors (Lipinski definition) is 1. The van der Waals surface area contributed by atoms with Crippen LogP contribution in [0.3, 0.4) is 0 Å². The van der Waals surface area contributed by atoms with Crippen molar-refractivity contribution in [1.82, 2.24) is 29.1 Å². The van der Waals surface area contributed by atoms with Crippen LogP contribution >= 0.6 is 35.5 Å². The summed E-state index contributed by atoms with van der Waals surface area (Å²) in [7, 11) is 1.84. The highest BCUT2D eigenvalue weighted by Gasteiger charge is 2.22. The van der Waals surface area contributed by atoms with Crippen LogP contribution in [-0.4, -0.2) is 63.0 Å². The van der Waals surface area contributed by atoms with Crippen LogP contribution in [0.25, 0.3) is 0 Å². The van der Waals surface area contributed by atoms with Crippen LogP contribution < -0.4 is 10.2 Å². The topological polar surface area (TPSA) is 74.5 Å². The fraction of sp³-hybridized carbons (Fsp3) is 0.429. The highest BCUT2D eigenvalue weighted by Crippen LogP contribution is 2.19. The van der Waals surface area contributed by atoms with Gasteiger partial charge < -0.3 is 19.7 Å². The SMILES string of the molecule is CCc1nsc(N2CCN(C(=NC)NCc3nccn3Cc3ccccc3)CC2)n1.I. The van der Waals surface area contributed by atoms with Crippen molar-refractivity contribution in [2.75, 3.05) is 38.1 Å². The minimum atomic E-state index is 0. The van der Waals surface area contributed by atoms with Gasteiger partial charge in [-0.15, -0.1) is 24.0 Å². The number of benzene rings is 1. The highest BCUT2D eigenvalue weighted by atomic mass is 127. The molecule has 0 radical (unpaired) electrons. The van der Waals surface area contributed by atoms with E-state index in [4.69, 9.17) is 0 Å². The Hall–Kier alpha value is -2.21. The van der Waals surface area contributed by atoms with Gasteiger partial charge >= 0.3 is 0 Å². The molecule has 166 valence electrons. The fourth-order valence-corrected chi connectivity index (χ4v) is 4.35. The van der Waals surface area contributed by atoms with Crippen LogP contribution in [0.1, 0.15) is 24.1 Å². The van der Waals surface area contributed by atoms with Crippen LogP contribution in [0.15, 0.2) is 47.7 Å². The van der Waals surface area contributed by atoms with Gasteiger partial charge in [0.25, 0.3) is 0 Å². The van der Waals surface area contributed by atoms with E-state index in [0.29, 0.717) is 6.54 Å². The highest BCUT2D eigenvalue weighted by molar-refractivity contribution is 14.0. The predicted octanol–water partition coefficient (Wildman–Crippen LogP) is 2.86. The zero-order valence-electron chi connectivity index (χ0n) is 17.9. The molecule has 1 aromatic carbocycles. The van der Waals surface area contributed by atoms with E-state index in [9.17, 15) is 0 Å². The smallest absolute Gasteiger partial charge is 0.205 e. The van der Waals surface area contributed by atoms with E-state index in [1.54, 1.807) is 0 Å². The van der Waals surface area contributed by atoms with Gasteiger partial charge in [-0.1, -0.05) is 37.3 Å². The average molecular weight is 552 g/mol. The molecule has 0 atom stereocenters. The molecule has 4 rings (SSSR count). The molecule has 0 amide bonds. The minimum absolute atomic E-state index is 0. The summed E-state index contributed by atoms with van der Waals surface area (Å²) in [5.74, 6) is 2.84. The zero-order chi connectivity index (χ0) is 20.8. The lowest BCUT2D eigenvalue weighted by Crippen LogP contribution is -2.52. The molecular weight excluding hydrogens is 523 g/mol. The lowest BCUT2D eigenvalue weighted by molar-refractivity contribution is 0.371. The Labute approximate surface area is 204 Å². The number of guanidine groups is 1. The van der Waals surface area contributed by atoms with Crippen molar-refractivity contribution < 1.29 is 0 Å². The standard InChI is InChI=1S/C21H28N8S.HI/c1-3-18-25-21(30-26-18)28-13-11-27(12-14-28)20(22-2)24-15-19-23-9-10-29(19)16-17-7-5-4-6-8-17;/h4-10H,3,11-16H2,1-2H3,(H,22,24);1H. The number of nitrogens with one attached hydrogen (secondary N) is 1.